The molecule has 0 saturated heterocycles. The zero-order valence-corrected chi connectivity index (χ0v) is 14.4. The monoisotopic (exact) mass is 333 g/mol. The second-order valence-corrected chi connectivity index (χ2v) is 6.69. The molecular weight excluding hydrogens is 314 g/mol. The van der Waals surface area contributed by atoms with E-state index in [2.05, 4.69) is 24.4 Å². The van der Waals surface area contributed by atoms with E-state index in [4.69, 9.17) is 11.6 Å². The molecule has 0 aliphatic carbocycles. The molecule has 0 heterocycles. The van der Waals surface area contributed by atoms with E-state index in [1.165, 1.54) is 11.1 Å². The molecule has 0 aliphatic rings. The van der Waals surface area contributed by atoms with Crippen LogP contribution in [0.1, 0.15) is 29.7 Å². The first-order chi connectivity index (χ1) is 10.6. The molecule has 22 heavy (non-hydrogen) atoms. The molecule has 4 heteroatoms. The minimum Gasteiger partial charge on any atom is -0.349 e. The number of aryl methyl sites for hydroxylation is 1. The predicted molar refractivity (Wildman–Crippen MR) is 95.4 cm³/mol. The highest BCUT2D eigenvalue weighted by Crippen LogP contribution is 2.18. The van der Waals surface area contributed by atoms with E-state index in [0.717, 1.165) is 11.3 Å². The van der Waals surface area contributed by atoms with Crippen LogP contribution >= 0.6 is 23.4 Å². The molecule has 0 spiro atoms. The van der Waals surface area contributed by atoms with E-state index < -0.39 is 0 Å². The Hall–Kier alpha value is -1.45. The molecule has 116 valence electrons. The highest BCUT2D eigenvalue weighted by Gasteiger charge is 2.10. The van der Waals surface area contributed by atoms with Crippen LogP contribution in [-0.2, 0) is 10.5 Å². The van der Waals surface area contributed by atoms with Crippen molar-refractivity contribution in [2.45, 2.75) is 25.6 Å². The Bertz CT molecular complexity index is 644. The zero-order valence-electron chi connectivity index (χ0n) is 12.8. The number of hydrogen-bond donors (Lipinski definition) is 1. The number of carbonyl (C=O) groups is 1. The van der Waals surface area contributed by atoms with Crippen molar-refractivity contribution in [1.29, 1.82) is 0 Å². The topological polar surface area (TPSA) is 29.1 Å². The third-order valence-electron chi connectivity index (χ3n) is 3.48. The largest absolute Gasteiger partial charge is 0.349 e. The summed E-state index contributed by atoms with van der Waals surface area (Å²) in [5, 5.41) is 3.69. The summed E-state index contributed by atoms with van der Waals surface area (Å²) < 4.78 is 0. The fourth-order valence-corrected chi connectivity index (χ4v) is 3.28. The first-order valence-corrected chi connectivity index (χ1v) is 8.76. The maximum atomic E-state index is 12.0. The molecule has 0 aromatic heterocycles. The summed E-state index contributed by atoms with van der Waals surface area (Å²) in [6, 6.07) is 15.8. The Morgan fingerprint density at radius 3 is 2.73 bits per heavy atom. The van der Waals surface area contributed by atoms with Crippen LogP contribution in [0.3, 0.4) is 0 Å². The highest BCUT2D eigenvalue weighted by atomic mass is 35.5. The van der Waals surface area contributed by atoms with Crippen molar-refractivity contribution in [2.24, 2.45) is 0 Å². The SMILES string of the molecule is Cc1ccccc1CSCC(=O)N[C@H](C)c1cccc(Cl)c1. The van der Waals surface area contributed by atoms with Gasteiger partial charge in [-0.1, -0.05) is 48.0 Å². The van der Waals surface area contributed by atoms with E-state index in [0.29, 0.717) is 10.8 Å². The van der Waals surface area contributed by atoms with E-state index in [9.17, 15) is 4.79 Å². The molecule has 2 aromatic carbocycles. The molecule has 0 aliphatic heterocycles. The number of benzene rings is 2. The molecule has 2 nitrogen and oxygen atoms in total. The van der Waals surface area contributed by atoms with Crippen LogP contribution in [0.5, 0.6) is 0 Å². The maximum Gasteiger partial charge on any atom is 0.230 e. The van der Waals surface area contributed by atoms with Gasteiger partial charge in [-0.05, 0) is 42.7 Å². The summed E-state index contributed by atoms with van der Waals surface area (Å²) in [5.74, 6) is 1.36. The van der Waals surface area contributed by atoms with Crippen LogP contribution in [0, 0.1) is 6.92 Å². The standard InChI is InChI=1S/C18H20ClNOS/c1-13-6-3-4-7-16(13)11-22-12-18(21)20-14(2)15-8-5-9-17(19)10-15/h3-10,14H,11-12H2,1-2H3,(H,20,21)/t14-/m1/s1. The molecular formula is C18H20ClNOS. The summed E-state index contributed by atoms with van der Waals surface area (Å²) in [4.78, 5) is 12.0. The molecule has 0 radical (unpaired) electrons. The van der Waals surface area contributed by atoms with Crippen LogP contribution in [-0.4, -0.2) is 11.7 Å². The first kappa shape index (κ1) is 16.9. The molecule has 0 saturated carbocycles. The van der Waals surface area contributed by atoms with E-state index in [-0.39, 0.29) is 11.9 Å². The Morgan fingerprint density at radius 1 is 1.23 bits per heavy atom. The normalized spacial score (nSPS) is 12.0. The lowest BCUT2D eigenvalue weighted by Crippen LogP contribution is -2.28. The second-order valence-electron chi connectivity index (χ2n) is 5.26. The molecule has 0 fully saturated rings. The van der Waals surface area contributed by atoms with E-state index >= 15 is 0 Å². The lowest BCUT2D eigenvalue weighted by molar-refractivity contribution is -0.119. The van der Waals surface area contributed by atoms with Gasteiger partial charge in [-0.25, -0.2) is 0 Å². The zero-order chi connectivity index (χ0) is 15.9. The van der Waals surface area contributed by atoms with Gasteiger partial charge < -0.3 is 5.32 Å². The van der Waals surface area contributed by atoms with Crippen molar-refractivity contribution in [1.82, 2.24) is 5.32 Å². The highest BCUT2D eigenvalue weighted by molar-refractivity contribution is 7.99. The fraction of sp³-hybridized carbons (Fsp3) is 0.278. The Morgan fingerprint density at radius 2 is 2.00 bits per heavy atom. The predicted octanol–water partition coefficient (Wildman–Crippen LogP) is 4.76. The Labute approximate surface area is 141 Å². The van der Waals surface area contributed by atoms with Gasteiger partial charge in [0.15, 0.2) is 0 Å². The van der Waals surface area contributed by atoms with E-state index in [1.807, 2.05) is 43.3 Å². The van der Waals surface area contributed by atoms with Crippen LogP contribution in [0.2, 0.25) is 5.02 Å². The average Bonchev–Trinajstić information content (AvgIpc) is 2.49. The van der Waals surface area contributed by atoms with Gasteiger partial charge in [0, 0.05) is 10.8 Å². The van der Waals surface area contributed by atoms with Gasteiger partial charge in [0.2, 0.25) is 5.91 Å². The lowest BCUT2D eigenvalue weighted by Gasteiger charge is -2.14. The molecule has 1 amide bonds. The van der Waals surface area contributed by atoms with Crippen molar-refractivity contribution < 1.29 is 4.79 Å². The minimum absolute atomic E-state index is 0.0368. The fourth-order valence-electron chi connectivity index (χ4n) is 2.17. The number of rotatable bonds is 6. The molecule has 1 N–H and O–H groups in total. The van der Waals surface area contributed by atoms with Gasteiger partial charge >= 0.3 is 0 Å². The first-order valence-electron chi connectivity index (χ1n) is 7.23. The van der Waals surface area contributed by atoms with Gasteiger partial charge in [0.25, 0.3) is 0 Å². The summed E-state index contributed by atoms with van der Waals surface area (Å²) in [6.45, 7) is 4.06. The number of amides is 1. The Kier molecular flexibility index (Phi) is 6.34. The quantitative estimate of drug-likeness (QED) is 0.825. The van der Waals surface area contributed by atoms with E-state index in [1.54, 1.807) is 11.8 Å². The van der Waals surface area contributed by atoms with Crippen molar-refractivity contribution in [3.05, 3.63) is 70.2 Å². The van der Waals surface area contributed by atoms with Crippen molar-refractivity contribution in [2.75, 3.05) is 5.75 Å². The number of halogens is 1. The van der Waals surface area contributed by atoms with Gasteiger partial charge in [0.05, 0.1) is 11.8 Å². The van der Waals surface area contributed by atoms with Crippen molar-refractivity contribution in [3.8, 4) is 0 Å². The second kappa shape index (κ2) is 8.25. The summed E-state index contributed by atoms with van der Waals surface area (Å²) in [6.07, 6.45) is 0. The molecule has 0 unspecified atom stereocenters. The third-order valence-corrected chi connectivity index (χ3v) is 4.69. The molecule has 2 aromatic rings. The van der Waals surface area contributed by atoms with Gasteiger partial charge in [-0.2, -0.15) is 0 Å². The van der Waals surface area contributed by atoms with Gasteiger partial charge in [0.1, 0.15) is 0 Å². The number of thioether (sulfide) groups is 1. The Balaban J connectivity index is 1.79. The van der Waals surface area contributed by atoms with Crippen LogP contribution in [0.4, 0.5) is 0 Å². The summed E-state index contributed by atoms with van der Waals surface area (Å²) in [7, 11) is 0. The minimum atomic E-state index is -0.0368. The number of hydrogen-bond acceptors (Lipinski definition) is 2. The molecule has 1 atom stereocenters. The average molecular weight is 334 g/mol. The van der Waals surface area contributed by atoms with Crippen molar-refractivity contribution >= 4 is 29.3 Å². The third kappa shape index (κ3) is 5.08. The van der Waals surface area contributed by atoms with Gasteiger partial charge in [-0.3, -0.25) is 4.79 Å². The summed E-state index contributed by atoms with van der Waals surface area (Å²) >= 11 is 7.61. The van der Waals surface area contributed by atoms with Gasteiger partial charge in [-0.15, -0.1) is 11.8 Å². The van der Waals surface area contributed by atoms with Crippen LogP contribution in [0.25, 0.3) is 0 Å². The maximum absolute atomic E-state index is 12.0. The van der Waals surface area contributed by atoms with Crippen molar-refractivity contribution in [3.63, 3.8) is 0 Å². The lowest BCUT2D eigenvalue weighted by atomic mass is 10.1. The summed E-state index contributed by atoms with van der Waals surface area (Å²) in [5.41, 5.74) is 3.57. The number of nitrogens with one attached hydrogen (secondary N) is 1. The van der Waals surface area contributed by atoms with Crippen LogP contribution in [0.15, 0.2) is 48.5 Å². The number of carbonyl (C=O) groups excluding carboxylic acids is 1. The van der Waals surface area contributed by atoms with Crippen LogP contribution < -0.4 is 5.32 Å². The smallest absolute Gasteiger partial charge is 0.230 e. The molecule has 2 rings (SSSR count). The molecule has 0 bridgehead atoms.